The van der Waals surface area contributed by atoms with Crippen LogP contribution in [0.5, 0.6) is 0 Å². The lowest BCUT2D eigenvalue weighted by atomic mass is 9.71. The Morgan fingerprint density at radius 1 is 1.36 bits per heavy atom. The number of aliphatic hydroxyl groups excluding tert-OH is 1. The van der Waals surface area contributed by atoms with Crippen LogP contribution in [0.3, 0.4) is 0 Å². The summed E-state index contributed by atoms with van der Waals surface area (Å²) in [4.78, 5) is 44.2. The van der Waals surface area contributed by atoms with Crippen LogP contribution < -0.4 is 0 Å². The van der Waals surface area contributed by atoms with Crippen molar-refractivity contribution in [3.8, 4) is 0 Å². The fraction of sp³-hybridized carbons (Fsp3) is 0.593. The van der Waals surface area contributed by atoms with E-state index in [2.05, 4.69) is 29.4 Å². The summed E-state index contributed by atoms with van der Waals surface area (Å²) in [6.45, 7) is 7.94. The van der Waals surface area contributed by atoms with Gasteiger partial charge in [-0.05, 0) is 31.7 Å². The van der Waals surface area contributed by atoms with Gasteiger partial charge in [0.1, 0.15) is 6.04 Å². The normalized spacial score (nSPS) is 32.3. The number of carboxylic acids is 1. The number of thioether (sulfide) groups is 1. The van der Waals surface area contributed by atoms with Crippen molar-refractivity contribution >= 4 is 45.5 Å². The highest BCUT2D eigenvalue weighted by molar-refractivity contribution is 9.09. The fourth-order valence-electron chi connectivity index (χ4n) is 6.52. The van der Waals surface area contributed by atoms with Crippen LogP contribution in [0.15, 0.2) is 43.0 Å². The van der Waals surface area contributed by atoms with Crippen molar-refractivity contribution in [3.05, 3.63) is 48.6 Å². The van der Waals surface area contributed by atoms with Gasteiger partial charge in [0.2, 0.25) is 11.8 Å². The predicted octanol–water partition coefficient (Wildman–Crippen LogP) is 3.34. The van der Waals surface area contributed by atoms with Crippen LogP contribution in [0, 0.1) is 11.8 Å². The minimum Gasteiger partial charge on any atom is -0.481 e. The van der Waals surface area contributed by atoms with Crippen molar-refractivity contribution in [1.82, 2.24) is 9.80 Å². The van der Waals surface area contributed by atoms with Crippen LogP contribution in [-0.4, -0.2) is 83.9 Å². The molecule has 1 aromatic carbocycles. The Labute approximate surface area is 225 Å². The molecule has 8 atom stereocenters. The number of rotatable bonds is 11. The molecule has 4 unspecified atom stereocenters. The average molecular weight is 580 g/mol. The fourth-order valence-corrected chi connectivity index (χ4v) is 10.1. The van der Waals surface area contributed by atoms with Crippen LogP contribution in [-0.2, 0) is 20.8 Å². The Hall–Kier alpha value is -1.84. The average Bonchev–Trinajstić information content (AvgIpc) is 3.45. The predicted molar refractivity (Wildman–Crippen MR) is 144 cm³/mol. The zero-order chi connectivity index (χ0) is 26.2. The van der Waals surface area contributed by atoms with Crippen molar-refractivity contribution < 1.29 is 24.6 Å². The first-order chi connectivity index (χ1) is 17.2. The molecule has 0 radical (unpaired) electrons. The van der Waals surface area contributed by atoms with E-state index in [9.17, 15) is 24.6 Å². The van der Waals surface area contributed by atoms with E-state index in [4.69, 9.17) is 0 Å². The number of benzene rings is 1. The van der Waals surface area contributed by atoms with Gasteiger partial charge in [0.25, 0.3) is 0 Å². The maximum atomic E-state index is 14.4. The van der Waals surface area contributed by atoms with E-state index in [0.717, 1.165) is 18.4 Å². The first kappa shape index (κ1) is 27.2. The first-order valence-corrected chi connectivity index (χ1v) is 14.4. The van der Waals surface area contributed by atoms with Crippen LogP contribution in [0.4, 0.5) is 0 Å². The van der Waals surface area contributed by atoms with E-state index >= 15 is 0 Å². The summed E-state index contributed by atoms with van der Waals surface area (Å²) in [5, 5.41) is 20.4. The number of nitrogens with zero attached hydrogens (tertiary/aromatic N) is 2. The molecule has 1 aromatic rings. The number of hydrogen-bond donors (Lipinski definition) is 2. The molecule has 196 valence electrons. The van der Waals surface area contributed by atoms with Crippen LogP contribution in [0.25, 0.3) is 0 Å². The van der Waals surface area contributed by atoms with Gasteiger partial charge in [-0.1, -0.05) is 65.7 Å². The van der Waals surface area contributed by atoms with Gasteiger partial charge in [-0.2, -0.15) is 0 Å². The lowest BCUT2D eigenvalue weighted by Gasteiger charge is -2.41. The molecular formula is C27H35BrN2O5S. The van der Waals surface area contributed by atoms with E-state index in [0.29, 0.717) is 19.4 Å². The molecular weight excluding hydrogens is 544 g/mol. The number of amides is 2. The maximum absolute atomic E-state index is 14.4. The van der Waals surface area contributed by atoms with E-state index < -0.39 is 34.6 Å². The molecule has 0 aromatic heterocycles. The minimum absolute atomic E-state index is 0.0618. The quantitative estimate of drug-likeness (QED) is 0.309. The summed E-state index contributed by atoms with van der Waals surface area (Å²) >= 11 is 5.16. The largest absolute Gasteiger partial charge is 0.481 e. The molecule has 2 bridgehead atoms. The number of hydrogen-bond acceptors (Lipinski definition) is 5. The van der Waals surface area contributed by atoms with Gasteiger partial charge in [-0.3, -0.25) is 14.4 Å². The smallest absolute Gasteiger partial charge is 0.308 e. The second kappa shape index (κ2) is 10.9. The lowest BCUT2D eigenvalue weighted by molar-refractivity contribution is -0.150. The number of carbonyl (C=O) groups is 3. The second-order valence-corrected chi connectivity index (χ2v) is 12.9. The number of aliphatic carboxylic acids is 1. The Balaban J connectivity index is 1.81. The molecule has 1 spiro atoms. The number of aliphatic hydroxyl groups is 1. The molecule has 36 heavy (non-hydrogen) atoms. The summed E-state index contributed by atoms with van der Waals surface area (Å²) in [6.07, 6.45) is 4.31. The highest BCUT2D eigenvalue weighted by atomic mass is 79.9. The molecule has 0 aliphatic carbocycles. The van der Waals surface area contributed by atoms with Crippen LogP contribution in [0.1, 0.15) is 38.7 Å². The van der Waals surface area contributed by atoms with Crippen molar-refractivity contribution in [3.63, 3.8) is 0 Å². The highest BCUT2D eigenvalue weighted by Gasteiger charge is 2.76. The third kappa shape index (κ3) is 4.41. The molecule has 3 heterocycles. The van der Waals surface area contributed by atoms with Crippen molar-refractivity contribution in [2.75, 3.05) is 13.2 Å². The summed E-state index contributed by atoms with van der Waals surface area (Å²) in [5.74, 6) is -3.19. The van der Waals surface area contributed by atoms with E-state index in [1.165, 1.54) is 11.8 Å². The molecule has 4 rings (SSSR count). The number of carbonyl (C=O) groups excluding carboxylic acids is 2. The lowest BCUT2D eigenvalue weighted by Crippen LogP contribution is -2.59. The van der Waals surface area contributed by atoms with Crippen LogP contribution >= 0.6 is 27.7 Å². The van der Waals surface area contributed by atoms with Gasteiger partial charge in [0.05, 0.1) is 29.2 Å². The first-order valence-electron chi connectivity index (χ1n) is 12.6. The number of likely N-dealkylation sites (tertiary alicyclic amines) is 1. The van der Waals surface area contributed by atoms with Crippen molar-refractivity contribution in [2.45, 2.75) is 72.5 Å². The Kier molecular flexibility index (Phi) is 8.22. The summed E-state index contributed by atoms with van der Waals surface area (Å²) in [7, 11) is 0. The Morgan fingerprint density at radius 3 is 2.64 bits per heavy atom. The van der Waals surface area contributed by atoms with Gasteiger partial charge >= 0.3 is 5.97 Å². The third-order valence-electron chi connectivity index (χ3n) is 8.01. The zero-order valence-electron chi connectivity index (χ0n) is 20.8. The molecule has 2 amide bonds. The van der Waals surface area contributed by atoms with Crippen molar-refractivity contribution in [2.24, 2.45) is 11.8 Å². The van der Waals surface area contributed by atoms with Gasteiger partial charge < -0.3 is 20.0 Å². The summed E-state index contributed by atoms with van der Waals surface area (Å²) in [6, 6.07) is 8.02. The van der Waals surface area contributed by atoms with E-state index in [1.807, 2.05) is 37.3 Å². The molecule has 3 aliphatic rings. The Morgan fingerprint density at radius 2 is 2.06 bits per heavy atom. The molecule has 3 saturated heterocycles. The van der Waals surface area contributed by atoms with E-state index in [1.54, 1.807) is 15.9 Å². The highest BCUT2D eigenvalue weighted by Crippen LogP contribution is 2.68. The summed E-state index contributed by atoms with van der Waals surface area (Å²) < 4.78 is -0.856. The monoisotopic (exact) mass is 578 g/mol. The number of halogens is 1. The molecule has 3 fully saturated rings. The molecule has 3 aliphatic heterocycles. The van der Waals surface area contributed by atoms with Gasteiger partial charge in [0, 0.05) is 22.7 Å². The number of carboxylic acid groups (broad SMARTS) is 1. The maximum Gasteiger partial charge on any atom is 0.308 e. The molecule has 2 N–H and O–H groups in total. The zero-order valence-corrected chi connectivity index (χ0v) is 23.2. The van der Waals surface area contributed by atoms with Crippen molar-refractivity contribution in [1.29, 1.82) is 0 Å². The Bertz CT molecular complexity index is 1010. The molecule has 7 nitrogen and oxygen atoms in total. The topological polar surface area (TPSA) is 98.2 Å². The third-order valence-corrected chi connectivity index (χ3v) is 11.2. The SMILES string of the molecule is C=CCN(C(=O)C1N([C@@H](CO)Cc2ccccc2)C(=O)[C@@H]2[C@@H](C(=O)O)[C@@H]3SC12CC3Br)C(C)CCC. The molecule has 0 saturated carbocycles. The van der Waals surface area contributed by atoms with Crippen LogP contribution in [0.2, 0.25) is 0 Å². The standard InChI is InChI=1S/C27H35BrN2O5S/c1-4-9-16(3)29(12-5-2)25(33)23-27-14-19(28)22(36-27)20(26(34)35)21(27)24(32)30(23)18(15-31)13-17-10-7-6-8-11-17/h5-8,10-11,16,18-23,31H,2,4,9,12-15H2,1,3H3,(H,34,35)/t16?,18-,19?,20-,21+,22-,23?,27?/m1/s1. The van der Waals surface area contributed by atoms with E-state index in [-0.39, 0.29) is 34.5 Å². The molecule has 9 heteroatoms. The second-order valence-electron chi connectivity index (χ2n) is 10.2. The minimum atomic E-state index is -1.00. The van der Waals surface area contributed by atoms with Gasteiger partial charge in [0.15, 0.2) is 0 Å². The van der Waals surface area contributed by atoms with Gasteiger partial charge in [-0.25, -0.2) is 0 Å². The summed E-state index contributed by atoms with van der Waals surface area (Å²) in [5.41, 5.74) is 0.942. The van der Waals surface area contributed by atoms with Gasteiger partial charge in [-0.15, -0.1) is 18.3 Å². The number of alkyl halides is 1. The number of fused-ring (bicyclic) bond motifs is 1.